The Hall–Kier alpha value is -3.59. The number of aryl methyl sites for hydroxylation is 1. The third-order valence-corrected chi connectivity index (χ3v) is 3.94. The number of benzene rings is 2. The van der Waals surface area contributed by atoms with Crippen LogP contribution in [-0.2, 0) is 14.3 Å². The summed E-state index contributed by atoms with van der Waals surface area (Å²) >= 11 is 0. The number of carbonyl (C=O) groups is 2. The summed E-state index contributed by atoms with van der Waals surface area (Å²) in [5.41, 5.74) is 2.50. The van der Waals surface area contributed by atoms with E-state index in [9.17, 15) is 9.59 Å². The quantitative estimate of drug-likeness (QED) is 0.519. The Morgan fingerprint density at radius 2 is 1.93 bits per heavy atom. The van der Waals surface area contributed by atoms with E-state index in [1.807, 2.05) is 37.3 Å². The highest BCUT2D eigenvalue weighted by atomic mass is 16.5. The van der Waals surface area contributed by atoms with Gasteiger partial charge in [0.05, 0.1) is 19.6 Å². The molecule has 6 heteroatoms. The second-order valence-corrected chi connectivity index (χ2v) is 6.01. The van der Waals surface area contributed by atoms with Crippen molar-refractivity contribution in [1.29, 1.82) is 5.26 Å². The number of anilines is 1. The van der Waals surface area contributed by atoms with Gasteiger partial charge in [-0.05, 0) is 42.8 Å². The van der Waals surface area contributed by atoms with Crippen molar-refractivity contribution in [3.63, 3.8) is 0 Å². The van der Waals surface area contributed by atoms with Crippen LogP contribution in [-0.4, -0.2) is 32.1 Å². The van der Waals surface area contributed by atoms with Crippen LogP contribution in [0, 0.1) is 18.3 Å². The summed E-state index contributed by atoms with van der Waals surface area (Å²) in [5.74, 6) is -0.334. The normalized spacial score (nSPS) is 10.3. The topological polar surface area (TPSA) is 79.6 Å². The zero-order chi connectivity index (χ0) is 20.4. The predicted molar refractivity (Wildman–Crippen MR) is 107 cm³/mol. The minimum atomic E-state index is -0.625. The predicted octanol–water partition coefficient (Wildman–Crippen LogP) is 3.51. The van der Waals surface area contributed by atoms with Crippen molar-refractivity contribution in [1.82, 2.24) is 0 Å². The molecule has 0 spiro atoms. The monoisotopic (exact) mass is 378 g/mol. The molecule has 0 unspecified atom stereocenters. The van der Waals surface area contributed by atoms with Crippen molar-refractivity contribution in [2.45, 2.75) is 13.3 Å². The second kappa shape index (κ2) is 10.5. The minimum Gasteiger partial charge on any atom is -0.497 e. The van der Waals surface area contributed by atoms with Crippen LogP contribution in [0.15, 0.2) is 54.6 Å². The van der Waals surface area contributed by atoms with E-state index < -0.39 is 12.6 Å². The Morgan fingerprint density at radius 3 is 2.61 bits per heavy atom. The van der Waals surface area contributed by atoms with Crippen LogP contribution in [0.3, 0.4) is 0 Å². The van der Waals surface area contributed by atoms with Crippen molar-refractivity contribution in [2.75, 3.05) is 25.2 Å². The van der Waals surface area contributed by atoms with Gasteiger partial charge in [0.1, 0.15) is 5.75 Å². The highest BCUT2D eigenvalue weighted by Gasteiger charge is 2.17. The number of methoxy groups -OCH3 is 1. The Bertz CT molecular complexity index is 882. The van der Waals surface area contributed by atoms with E-state index in [-0.39, 0.29) is 18.9 Å². The lowest BCUT2D eigenvalue weighted by Crippen LogP contribution is -2.35. The summed E-state index contributed by atoms with van der Waals surface area (Å²) in [6.45, 7) is 1.78. The molecule has 6 nitrogen and oxygen atoms in total. The Balaban J connectivity index is 1.96. The number of rotatable bonds is 8. The molecule has 0 heterocycles. The fourth-order valence-corrected chi connectivity index (χ4v) is 2.45. The lowest BCUT2D eigenvalue weighted by atomic mass is 10.2. The summed E-state index contributed by atoms with van der Waals surface area (Å²) in [7, 11) is 1.56. The molecule has 144 valence electrons. The molecule has 0 N–H and O–H groups in total. The molecular formula is C22H22N2O4. The molecule has 28 heavy (non-hydrogen) atoms. The molecule has 0 bridgehead atoms. The van der Waals surface area contributed by atoms with Gasteiger partial charge in [0.2, 0.25) is 0 Å². The lowest BCUT2D eigenvalue weighted by molar-refractivity contribution is -0.142. The van der Waals surface area contributed by atoms with E-state index in [4.69, 9.17) is 14.7 Å². The van der Waals surface area contributed by atoms with Crippen molar-refractivity contribution < 1.29 is 19.1 Å². The van der Waals surface area contributed by atoms with Crippen LogP contribution >= 0.6 is 0 Å². The van der Waals surface area contributed by atoms with Gasteiger partial charge in [0.25, 0.3) is 5.91 Å². The SMILES string of the molecule is COc1cccc(/C=C/C(=O)OCC(=O)N(CCC#N)c2ccc(C)cc2)c1. The number of nitriles is 1. The number of hydrogen-bond donors (Lipinski definition) is 0. The van der Waals surface area contributed by atoms with Gasteiger partial charge in [0, 0.05) is 18.3 Å². The van der Waals surface area contributed by atoms with Crippen LogP contribution in [0.4, 0.5) is 5.69 Å². The van der Waals surface area contributed by atoms with E-state index >= 15 is 0 Å². The number of nitrogens with zero attached hydrogens (tertiary/aromatic N) is 2. The Morgan fingerprint density at radius 1 is 1.18 bits per heavy atom. The minimum absolute atomic E-state index is 0.184. The van der Waals surface area contributed by atoms with Gasteiger partial charge >= 0.3 is 5.97 Å². The first-order chi connectivity index (χ1) is 13.5. The lowest BCUT2D eigenvalue weighted by Gasteiger charge is -2.21. The van der Waals surface area contributed by atoms with Crippen molar-refractivity contribution >= 4 is 23.6 Å². The first-order valence-electron chi connectivity index (χ1n) is 8.76. The number of amides is 1. The van der Waals surface area contributed by atoms with Crippen molar-refractivity contribution in [3.8, 4) is 11.8 Å². The van der Waals surface area contributed by atoms with Crippen LogP contribution in [0.1, 0.15) is 17.5 Å². The van der Waals surface area contributed by atoms with Gasteiger partial charge in [0.15, 0.2) is 6.61 Å². The fraction of sp³-hybridized carbons (Fsp3) is 0.227. The summed E-state index contributed by atoms with van der Waals surface area (Å²) in [4.78, 5) is 25.9. The Kier molecular flexibility index (Phi) is 7.79. The zero-order valence-electron chi connectivity index (χ0n) is 15.9. The van der Waals surface area contributed by atoms with Gasteiger partial charge in [-0.3, -0.25) is 4.79 Å². The largest absolute Gasteiger partial charge is 0.497 e. The molecule has 2 aromatic carbocycles. The summed E-state index contributed by atoms with van der Waals surface area (Å²) < 4.78 is 10.2. The number of ether oxygens (including phenoxy) is 2. The number of carbonyl (C=O) groups excluding carboxylic acids is 2. The molecular weight excluding hydrogens is 356 g/mol. The van der Waals surface area contributed by atoms with Crippen LogP contribution in [0.25, 0.3) is 6.08 Å². The molecule has 2 rings (SSSR count). The first-order valence-corrected chi connectivity index (χ1v) is 8.76. The van der Waals surface area contributed by atoms with Gasteiger partial charge < -0.3 is 14.4 Å². The van der Waals surface area contributed by atoms with Crippen LogP contribution in [0.2, 0.25) is 0 Å². The molecule has 0 saturated heterocycles. The molecule has 0 saturated carbocycles. The molecule has 0 radical (unpaired) electrons. The van der Waals surface area contributed by atoms with Crippen LogP contribution in [0.5, 0.6) is 5.75 Å². The molecule has 2 aromatic rings. The number of hydrogen-bond acceptors (Lipinski definition) is 5. The third-order valence-electron chi connectivity index (χ3n) is 3.94. The second-order valence-electron chi connectivity index (χ2n) is 6.01. The zero-order valence-corrected chi connectivity index (χ0v) is 15.9. The average Bonchev–Trinajstić information content (AvgIpc) is 2.72. The fourth-order valence-electron chi connectivity index (χ4n) is 2.45. The third kappa shape index (κ3) is 6.29. The number of esters is 1. The van der Waals surface area contributed by atoms with Gasteiger partial charge in [-0.25, -0.2) is 4.79 Å². The maximum atomic E-state index is 12.5. The molecule has 0 aliphatic heterocycles. The first kappa shape index (κ1) is 20.7. The summed E-state index contributed by atoms with van der Waals surface area (Å²) in [6.07, 6.45) is 3.03. The highest BCUT2D eigenvalue weighted by Crippen LogP contribution is 2.16. The molecule has 0 aliphatic carbocycles. The molecule has 0 aliphatic rings. The van der Waals surface area contributed by atoms with E-state index in [0.29, 0.717) is 11.4 Å². The van der Waals surface area contributed by atoms with Crippen molar-refractivity contribution in [2.24, 2.45) is 0 Å². The molecule has 0 atom stereocenters. The standard InChI is InChI=1S/C22H22N2O4/c1-17-7-10-19(11-8-17)24(14-4-13-23)21(25)16-28-22(26)12-9-18-5-3-6-20(15-18)27-2/h3,5-12,15H,4,14,16H2,1-2H3/b12-9+. The van der Waals surface area contributed by atoms with Gasteiger partial charge in [-0.15, -0.1) is 0 Å². The van der Waals surface area contributed by atoms with Gasteiger partial charge in [-0.2, -0.15) is 5.26 Å². The molecule has 0 fully saturated rings. The summed E-state index contributed by atoms with van der Waals surface area (Å²) in [6, 6.07) is 16.6. The van der Waals surface area contributed by atoms with Gasteiger partial charge in [-0.1, -0.05) is 29.8 Å². The highest BCUT2D eigenvalue weighted by molar-refractivity contribution is 5.96. The van der Waals surface area contributed by atoms with E-state index in [1.165, 1.54) is 11.0 Å². The van der Waals surface area contributed by atoms with Crippen molar-refractivity contribution in [3.05, 3.63) is 65.7 Å². The maximum Gasteiger partial charge on any atom is 0.331 e. The van der Waals surface area contributed by atoms with E-state index in [2.05, 4.69) is 0 Å². The Labute approximate surface area is 164 Å². The van der Waals surface area contributed by atoms with E-state index in [1.54, 1.807) is 37.5 Å². The molecule has 1 amide bonds. The molecule has 0 aromatic heterocycles. The average molecular weight is 378 g/mol. The maximum absolute atomic E-state index is 12.5. The van der Waals surface area contributed by atoms with E-state index in [0.717, 1.165) is 11.1 Å². The summed E-state index contributed by atoms with van der Waals surface area (Å²) in [5, 5.41) is 8.83. The smallest absolute Gasteiger partial charge is 0.331 e. The van der Waals surface area contributed by atoms with Crippen LogP contribution < -0.4 is 9.64 Å².